The second-order valence-electron chi connectivity index (χ2n) is 4.42. The molecule has 1 N–H and O–H groups in total. The van der Waals surface area contributed by atoms with Crippen LogP contribution in [0.2, 0.25) is 0 Å². The predicted molar refractivity (Wildman–Crippen MR) is 79.0 cm³/mol. The van der Waals surface area contributed by atoms with Crippen LogP contribution in [0.25, 0.3) is 6.08 Å². The fraction of sp³-hybridized carbons (Fsp3) is 0.118. The Balaban J connectivity index is 2.37. The molecule has 0 amide bonds. The van der Waals surface area contributed by atoms with Crippen LogP contribution in [0.1, 0.15) is 18.1 Å². The van der Waals surface area contributed by atoms with Crippen molar-refractivity contribution in [2.24, 2.45) is 0 Å². The number of para-hydroxylation sites is 1. The molecule has 21 heavy (non-hydrogen) atoms. The lowest BCUT2D eigenvalue weighted by atomic mass is 10.1. The fourth-order valence-electron chi connectivity index (χ4n) is 1.92. The van der Waals surface area contributed by atoms with Crippen LogP contribution in [0.3, 0.4) is 0 Å². The molecule has 0 fully saturated rings. The van der Waals surface area contributed by atoms with Crippen LogP contribution >= 0.6 is 0 Å². The van der Waals surface area contributed by atoms with Crippen molar-refractivity contribution in [1.29, 1.82) is 0 Å². The predicted octanol–water partition coefficient (Wildman–Crippen LogP) is 4.28. The summed E-state index contributed by atoms with van der Waals surface area (Å²) in [5.74, 6) is -0.457. The molecule has 108 valence electrons. The Kier molecular flexibility index (Phi) is 4.72. The van der Waals surface area contributed by atoms with Gasteiger partial charge in [-0.2, -0.15) is 0 Å². The average molecular weight is 286 g/mol. The summed E-state index contributed by atoms with van der Waals surface area (Å²) >= 11 is 0. The summed E-state index contributed by atoms with van der Waals surface area (Å²) in [6, 6.07) is 11.6. The maximum absolute atomic E-state index is 13.3. The zero-order valence-electron chi connectivity index (χ0n) is 11.5. The van der Waals surface area contributed by atoms with E-state index in [1.54, 1.807) is 0 Å². The molecule has 0 aliphatic carbocycles. The average Bonchev–Trinajstić information content (AvgIpc) is 2.48. The lowest BCUT2D eigenvalue weighted by Gasteiger charge is -2.12. The van der Waals surface area contributed by atoms with Crippen molar-refractivity contribution < 1.29 is 19.0 Å². The number of benzene rings is 2. The summed E-state index contributed by atoms with van der Waals surface area (Å²) in [6.45, 7) is 2.01. The third-order valence-corrected chi connectivity index (χ3v) is 2.95. The number of aliphatic carboxylic acids is 1. The summed E-state index contributed by atoms with van der Waals surface area (Å²) in [6.07, 6.45) is 3.07. The molecule has 0 heterocycles. The quantitative estimate of drug-likeness (QED) is 0.834. The zero-order valence-corrected chi connectivity index (χ0v) is 11.5. The molecule has 0 bridgehead atoms. The van der Waals surface area contributed by atoms with E-state index >= 15 is 0 Å². The molecular formula is C17H15FO3. The molecule has 0 radical (unpaired) electrons. The SMILES string of the molecule is CCc1ccccc1Oc1ccc(F)cc1/C=C/C(=O)O. The normalized spacial score (nSPS) is 10.8. The number of hydrogen-bond donors (Lipinski definition) is 1. The Hall–Kier alpha value is -2.62. The minimum atomic E-state index is -1.10. The number of carboxylic acids is 1. The standard InChI is InChI=1S/C17H15FO3/c1-2-12-5-3-4-6-15(12)21-16-9-8-14(18)11-13(16)7-10-17(19)20/h3-11H,2H2,1H3,(H,19,20)/b10-7+. The monoisotopic (exact) mass is 286 g/mol. The molecule has 0 aromatic heterocycles. The van der Waals surface area contributed by atoms with Gasteiger partial charge in [0.2, 0.25) is 0 Å². The molecule has 0 saturated heterocycles. The van der Waals surface area contributed by atoms with Crippen molar-refractivity contribution in [2.75, 3.05) is 0 Å². The van der Waals surface area contributed by atoms with Crippen LogP contribution in [0.5, 0.6) is 11.5 Å². The number of carboxylic acid groups (broad SMARTS) is 1. The van der Waals surface area contributed by atoms with Gasteiger partial charge < -0.3 is 9.84 Å². The van der Waals surface area contributed by atoms with Gasteiger partial charge in [-0.25, -0.2) is 9.18 Å². The van der Waals surface area contributed by atoms with Crippen LogP contribution in [0.4, 0.5) is 4.39 Å². The van der Waals surface area contributed by atoms with Gasteiger partial charge in [-0.15, -0.1) is 0 Å². The van der Waals surface area contributed by atoms with Crippen molar-refractivity contribution in [3.63, 3.8) is 0 Å². The lowest BCUT2D eigenvalue weighted by Crippen LogP contribution is -1.93. The number of hydrogen-bond acceptors (Lipinski definition) is 2. The molecule has 2 rings (SSSR count). The van der Waals surface area contributed by atoms with Crippen molar-refractivity contribution >= 4 is 12.0 Å². The van der Waals surface area contributed by atoms with Crippen LogP contribution in [-0.2, 0) is 11.2 Å². The molecule has 0 unspecified atom stereocenters. The first kappa shape index (κ1) is 14.8. The summed E-state index contributed by atoms with van der Waals surface area (Å²) < 4.78 is 19.1. The molecule has 4 heteroatoms. The fourth-order valence-corrected chi connectivity index (χ4v) is 1.92. The van der Waals surface area contributed by atoms with Gasteiger partial charge >= 0.3 is 5.97 Å². The molecule has 3 nitrogen and oxygen atoms in total. The minimum absolute atomic E-state index is 0.378. The first-order valence-electron chi connectivity index (χ1n) is 6.56. The molecule has 0 atom stereocenters. The molecular weight excluding hydrogens is 271 g/mol. The zero-order chi connectivity index (χ0) is 15.2. The maximum atomic E-state index is 13.3. The van der Waals surface area contributed by atoms with Gasteiger partial charge in [0.05, 0.1) is 0 Å². The summed E-state index contributed by atoms with van der Waals surface area (Å²) in [5, 5.41) is 8.69. The third-order valence-electron chi connectivity index (χ3n) is 2.95. The van der Waals surface area contributed by atoms with Crippen molar-refractivity contribution in [3.8, 4) is 11.5 Å². The number of aryl methyl sites for hydroxylation is 1. The molecule has 0 aliphatic heterocycles. The first-order valence-corrected chi connectivity index (χ1v) is 6.56. The van der Waals surface area contributed by atoms with E-state index in [9.17, 15) is 9.18 Å². The number of carbonyl (C=O) groups is 1. The highest BCUT2D eigenvalue weighted by Gasteiger charge is 2.07. The van der Waals surface area contributed by atoms with Crippen LogP contribution in [0.15, 0.2) is 48.5 Å². The van der Waals surface area contributed by atoms with Crippen LogP contribution < -0.4 is 4.74 Å². The minimum Gasteiger partial charge on any atom is -0.478 e. The van der Waals surface area contributed by atoms with E-state index in [1.165, 1.54) is 24.3 Å². The Morgan fingerprint density at radius 3 is 2.71 bits per heavy atom. The second-order valence-corrected chi connectivity index (χ2v) is 4.42. The van der Waals surface area contributed by atoms with Gasteiger partial charge in [-0.05, 0) is 42.3 Å². The van der Waals surface area contributed by atoms with Gasteiger partial charge in [0.1, 0.15) is 17.3 Å². The highest BCUT2D eigenvalue weighted by Crippen LogP contribution is 2.29. The Morgan fingerprint density at radius 1 is 1.24 bits per heavy atom. The van der Waals surface area contributed by atoms with Crippen LogP contribution in [0, 0.1) is 5.82 Å². The topological polar surface area (TPSA) is 46.5 Å². The summed E-state index contributed by atoms with van der Waals surface area (Å²) in [7, 11) is 0. The highest BCUT2D eigenvalue weighted by molar-refractivity contribution is 5.85. The molecule has 0 spiro atoms. The second kappa shape index (κ2) is 6.70. The molecule has 0 saturated carbocycles. The van der Waals surface area contributed by atoms with Crippen LogP contribution in [-0.4, -0.2) is 11.1 Å². The first-order chi connectivity index (χ1) is 10.1. The Morgan fingerprint density at radius 2 is 2.00 bits per heavy atom. The van der Waals surface area contributed by atoms with Gasteiger partial charge in [-0.3, -0.25) is 0 Å². The van der Waals surface area contributed by atoms with Crippen molar-refractivity contribution in [2.45, 2.75) is 13.3 Å². The highest BCUT2D eigenvalue weighted by atomic mass is 19.1. The van der Waals surface area contributed by atoms with Gasteiger partial charge in [0.15, 0.2) is 0 Å². The van der Waals surface area contributed by atoms with E-state index in [0.717, 1.165) is 18.1 Å². The van der Waals surface area contributed by atoms with Gasteiger partial charge in [-0.1, -0.05) is 25.1 Å². The molecule has 2 aromatic carbocycles. The van der Waals surface area contributed by atoms with E-state index in [2.05, 4.69) is 0 Å². The smallest absolute Gasteiger partial charge is 0.328 e. The summed E-state index contributed by atoms with van der Waals surface area (Å²) in [4.78, 5) is 10.6. The largest absolute Gasteiger partial charge is 0.478 e. The van der Waals surface area contributed by atoms with Gasteiger partial charge in [0.25, 0.3) is 0 Å². The van der Waals surface area contributed by atoms with E-state index in [4.69, 9.17) is 9.84 Å². The Bertz CT molecular complexity index is 677. The maximum Gasteiger partial charge on any atom is 0.328 e. The number of halogens is 1. The number of ether oxygens (including phenoxy) is 1. The van der Waals surface area contributed by atoms with Crippen molar-refractivity contribution in [3.05, 3.63) is 65.5 Å². The number of rotatable bonds is 5. The van der Waals surface area contributed by atoms with Gasteiger partial charge in [0, 0.05) is 11.6 Å². The van der Waals surface area contributed by atoms with E-state index < -0.39 is 11.8 Å². The summed E-state index contributed by atoms with van der Waals surface area (Å²) in [5.41, 5.74) is 1.40. The third kappa shape index (κ3) is 3.92. The molecule has 2 aromatic rings. The van der Waals surface area contributed by atoms with E-state index in [1.807, 2.05) is 31.2 Å². The van der Waals surface area contributed by atoms with E-state index in [0.29, 0.717) is 17.1 Å². The Labute approximate surface area is 122 Å². The molecule has 0 aliphatic rings. The van der Waals surface area contributed by atoms with Crippen molar-refractivity contribution in [1.82, 2.24) is 0 Å². The lowest BCUT2D eigenvalue weighted by molar-refractivity contribution is -0.131. The van der Waals surface area contributed by atoms with E-state index in [-0.39, 0.29) is 0 Å².